The van der Waals surface area contributed by atoms with Crippen molar-refractivity contribution in [2.24, 2.45) is 0 Å². The molecule has 0 unspecified atom stereocenters. The highest BCUT2D eigenvalue weighted by Gasteiger charge is 2.61. The van der Waals surface area contributed by atoms with Crippen LogP contribution in [-0.2, 0) is 27.5 Å². The lowest BCUT2D eigenvalue weighted by atomic mass is 10.2. The highest BCUT2D eigenvalue weighted by Crippen LogP contribution is 2.31. The predicted octanol–water partition coefficient (Wildman–Crippen LogP) is 3.72. The average Bonchev–Trinajstić information content (AvgIpc) is 3.18. The van der Waals surface area contributed by atoms with E-state index in [0.717, 1.165) is 11.1 Å². The van der Waals surface area contributed by atoms with Crippen LogP contribution in [0.3, 0.4) is 0 Å². The fourth-order valence-corrected chi connectivity index (χ4v) is 3.40. The summed E-state index contributed by atoms with van der Waals surface area (Å²) < 4.78 is 9.70. The third-order valence-electron chi connectivity index (χ3n) is 4.87. The fourth-order valence-electron chi connectivity index (χ4n) is 3.40. The summed E-state index contributed by atoms with van der Waals surface area (Å²) in [6.07, 6.45) is -1.17. The molecule has 7 heteroatoms. The van der Waals surface area contributed by atoms with Gasteiger partial charge in [0.2, 0.25) is 6.04 Å². The second-order valence-corrected chi connectivity index (χ2v) is 6.67. The van der Waals surface area contributed by atoms with Gasteiger partial charge >= 0.3 is 18.2 Å². The van der Waals surface area contributed by atoms with Crippen molar-refractivity contribution in [3.05, 3.63) is 71.8 Å². The molecule has 3 rings (SSSR count). The summed E-state index contributed by atoms with van der Waals surface area (Å²) in [5, 5.41) is 9.59. The van der Waals surface area contributed by atoms with Gasteiger partial charge in [0.1, 0.15) is 19.8 Å². The van der Waals surface area contributed by atoms with Crippen LogP contribution in [0.2, 0.25) is 0 Å². The van der Waals surface area contributed by atoms with E-state index in [1.54, 1.807) is 48.5 Å². The Balaban J connectivity index is 1.78. The summed E-state index contributed by atoms with van der Waals surface area (Å²) in [4.78, 5) is 37.5. The van der Waals surface area contributed by atoms with E-state index in [1.165, 1.54) is 0 Å². The monoisotopic (exact) mass is 384 g/mol. The zero-order chi connectivity index (χ0) is 20.0. The van der Waals surface area contributed by atoms with Crippen molar-refractivity contribution in [2.45, 2.75) is 32.1 Å². The van der Waals surface area contributed by atoms with E-state index < -0.39 is 28.7 Å². The molecule has 146 valence electrons. The highest BCUT2D eigenvalue weighted by atomic mass is 16.6. The molecule has 1 fully saturated rings. The SMILES string of the molecule is O=C(O)[C@@H]1CCC[N+]1(C(=O)OCc1ccccc1)C(=O)OCc1ccccc1. The third kappa shape index (κ3) is 4.04. The Bertz CT molecular complexity index is 781. The van der Waals surface area contributed by atoms with Gasteiger partial charge in [-0.2, -0.15) is 9.59 Å². The van der Waals surface area contributed by atoms with Crippen molar-refractivity contribution in [1.82, 2.24) is 0 Å². The topological polar surface area (TPSA) is 89.9 Å². The third-order valence-corrected chi connectivity index (χ3v) is 4.87. The number of carbonyl (C=O) groups excluding carboxylic acids is 2. The van der Waals surface area contributed by atoms with Crippen LogP contribution in [0.5, 0.6) is 0 Å². The van der Waals surface area contributed by atoms with Gasteiger partial charge in [0.15, 0.2) is 0 Å². The van der Waals surface area contributed by atoms with Gasteiger partial charge in [-0.25, -0.2) is 4.79 Å². The molecule has 1 heterocycles. The van der Waals surface area contributed by atoms with Crippen molar-refractivity contribution in [2.75, 3.05) is 6.54 Å². The first-order valence-electron chi connectivity index (χ1n) is 9.07. The Morgan fingerprint density at radius 2 is 1.32 bits per heavy atom. The number of likely N-dealkylation sites (tertiary alicyclic amines) is 1. The molecular weight excluding hydrogens is 362 g/mol. The van der Waals surface area contributed by atoms with Crippen molar-refractivity contribution in [1.29, 1.82) is 0 Å². The van der Waals surface area contributed by atoms with Crippen molar-refractivity contribution < 1.29 is 33.4 Å². The minimum Gasteiger partial charge on any atom is -0.477 e. The summed E-state index contributed by atoms with van der Waals surface area (Å²) in [6.45, 7) is -0.0475. The summed E-state index contributed by atoms with van der Waals surface area (Å²) in [6, 6.07) is 16.8. The number of amides is 2. The molecule has 1 atom stereocenters. The maximum Gasteiger partial charge on any atom is 0.527 e. The predicted molar refractivity (Wildman–Crippen MR) is 99.0 cm³/mol. The van der Waals surface area contributed by atoms with Gasteiger partial charge in [0.25, 0.3) is 0 Å². The molecule has 1 aliphatic rings. The van der Waals surface area contributed by atoms with Crippen LogP contribution in [0.1, 0.15) is 24.0 Å². The number of rotatable bonds is 5. The molecule has 0 bridgehead atoms. The zero-order valence-electron chi connectivity index (χ0n) is 15.3. The van der Waals surface area contributed by atoms with Gasteiger partial charge in [-0.3, -0.25) is 0 Å². The summed E-state index contributed by atoms with van der Waals surface area (Å²) in [5.74, 6) is -1.22. The van der Waals surface area contributed by atoms with Gasteiger partial charge in [-0.15, -0.1) is 4.48 Å². The van der Waals surface area contributed by atoms with Crippen LogP contribution in [-0.4, -0.2) is 40.3 Å². The number of carboxylic acids is 1. The summed E-state index contributed by atoms with van der Waals surface area (Å²) in [7, 11) is 0. The number of nitrogens with zero attached hydrogens (tertiary/aromatic N) is 1. The van der Waals surface area contributed by atoms with Gasteiger partial charge in [-0.1, -0.05) is 60.7 Å². The second-order valence-electron chi connectivity index (χ2n) is 6.67. The molecule has 1 N–H and O–H groups in total. The maximum absolute atomic E-state index is 12.9. The van der Waals surface area contributed by atoms with Crippen molar-refractivity contribution in [3.8, 4) is 0 Å². The first kappa shape index (κ1) is 19.6. The molecule has 28 heavy (non-hydrogen) atoms. The standard InChI is InChI=1S/C21H21NO6/c23-19(24)18-12-7-13-22(18,20(25)27-14-16-8-3-1-4-9-16)21(26)28-15-17-10-5-2-6-11-17/h1-6,8-11,18H,7,12-15H2/p+1/t18-/m0/s1. The number of imide groups is 1. The molecule has 0 aliphatic carbocycles. The van der Waals surface area contributed by atoms with E-state index in [0.29, 0.717) is 6.42 Å². The normalized spacial score (nSPS) is 17.6. The van der Waals surface area contributed by atoms with E-state index in [4.69, 9.17) is 9.47 Å². The van der Waals surface area contributed by atoms with Crippen LogP contribution in [0, 0.1) is 0 Å². The van der Waals surface area contributed by atoms with Gasteiger partial charge in [-0.05, 0) is 11.1 Å². The van der Waals surface area contributed by atoms with Crippen LogP contribution >= 0.6 is 0 Å². The van der Waals surface area contributed by atoms with Crippen molar-refractivity contribution >= 4 is 18.2 Å². The number of quaternary nitrogens is 1. The Kier molecular flexibility index (Phi) is 6.06. The van der Waals surface area contributed by atoms with E-state index >= 15 is 0 Å². The molecule has 0 radical (unpaired) electrons. The average molecular weight is 384 g/mol. The largest absolute Gasteiger partial charge is 0.527 e. The Labute approximate surface area is 162 Å². The zero-order valence-corrected chi connectivity index (χ0v) is 15.3. The Morgan fingerprint density at radius 3 is 1.75 bits per heavy atom. The molecule has 1 saturated heterocycles. The second kappa shape index (κ2) is 8.67. The summed E-state index contributed by atoms with van der Waals surface area (Å²) >= 11 is 0. The lowest BCUT2D eigenvalue weighted by molar-refractivity contribution is -0.790. The smallest absolute Gasteiger partial charge is 0.477 e. The first-order chi connectivity index (χ1) is 13.5. The molecule has 2 amide bonds. The first-order valence-corrected chi connectivity index (χ1v) is 9.07. The molecule has 2 aromatic carbocycles. The number of hydrogen-bond donors (Lipinski definition) is 1. The van der Waals surface area contributed by atoms with Gasteiger partial charge in [0.05, 0.1) is 0 Å². The number of ether oxygens (including phenoxy) is 2. The van der Waals surface area contributed by atoms with Crippen molar-refractivity contribution in [3.63, 3.8) is 0 Å². The quantitative estimate of drug-likeness (QED) is 0.790. The van der Waals surface area contributed by atoms with E-state index in [-0.39, 0.29) is 26.2 Å². The van der Waals surface area contributed by atoms with Gasteiger partial charge < -0.3 is 14.6 Å². The van der Waals surface area contributed by atoms with E-state index in [1.807, 2.05) is 12.1 Å². The van der Waals surface area contributed by atoms with Crippen LogP contribution in [0.15, 0.2) is 60.7 Å². The van der Waals surface area contributed by atoms with Gasteiger partial charge in [0, 0.05) is 12.8 Å². The molecule has 2 aromatic rings. The molecular formula is C21H22NO6+. The number of aliphatic carboxylic acids is 1. The fraction of sp³-hybridized carbons (Fsp3) is 0.286. The molecule has 0 saturated carbocycles. The van der Waals surface area contributed by atoms with Crippen LogP contribution < -0.4 is 0 Å². The van der Waals surface area contributed by atoms with E-state index in [9.17, 15) is 19.5 Å². The van der Waals surface area contributed by atoms with E-state index in [2.05, 4.69) is 0 Å². The Hall–Kier alpha value is -3.19. The molecule has 7 nitrogen and oxygen atoms in total. The molecule has 0 spiro atoms. The molecule has 0 aromatic heterocycles. The Morgan fingerprint density at radius 1 is 0.857 bits per heavy atom. The summed E-state index contributed by atoms with van der Waals surface area (Å²) in [5.41, 5.74) is 1.50. The highest BCUT2D eigenvalue weighted by molar-refractivity contribution is 5.83. The van der Waals surface area contributed by atoms with Crippen LogP contribution in [0.4, 0.5) is 9.59 Å². The number of benzene rings is 2. The number of carbonyl (C=O) groups is 3. The lowest BCUT2D eigenvalue weighted by Gasteiger charge is -2.29. The van der Waals surface area contributed by atoms with Crippen LogP contribution in [0.25, 0.3) is 0 Å². The number of hydrogen-bond acceptors (Lipinski definition) is 5. The maximum atomic E-state index is 12.9. The number of carboxylic acid groups (broad SMARTS) is 1. The lowest BCUT2D eigenvalue weighted by Crippen LogP contribution is -2.62. The molecule has 1 aliphatic heterocycles. The minimum atomic E-state index is -1.22. The minimum absolute atomic E-state index is 0.0399.